The van der Waals surface area contributed by atoms with Gasteiger partial charge >= 0.3 is 6.09 Å². The highest BCUT2D eigenvalue weighted by Crippen LogP contribution is 2.20. The van der Waals surface area contributed by atoms with Crippen LogP contribution in [-0.4, -0.2) is 99.1 Å². The molecular weight excluding hydrogens is 636 g/mol. The van der Waals surface area contributed by atoms with Gasteiger partial charge in [-0.1, -0.05) is 30.3 Å². The van der Waals surface area contributed by atoms with Crippen molar-refractivity contribution in [2.75, 3.05) is 75.4 Å². The van der Waals surface area contributed by atoms with Gasteiger partial charge in [-0.2, -0.15) is 0 Å². The highest BCUT2D eigenvalue weighted by molar-refractivity contribution is 5.68. The third-order valence-corrected chi connectivity index (χ3v) is 9.28. The highest BCUT2D eigenvalue weighted by atomic mass is 16.7. The zero-order chi connectivity index (χ0) is 34.2. The molecule has 1 aromatic carbocycles. The number of rotatable bonds is 10. The molecule has 0 aliphatic carbocycles. The van der Waals surface area contributed by atoms with Crippen molar-refractivity contribution in [3.05, 3.63) is 83.7 Å². The lowest BCUT2D eigenvalue weighted by Crippen LogP contribution is -2.49. The summed E-state index contributed by atoms with van der Waals surface area (Å²) in [6, 6.07) is 17.9. The van der Waals surface area contributed by atoms with Gasteiger partial charge in [-0.05, 0) is 79.5 Å². The predicted octanol–water partition coefficient (Wildman–Crippen LogP) is 5.12. The number of ether oxygens (including phenoxy) is 5. The summed E-state index contributed by atoms with van der Waals surface area (Å²) >= 11 is 0. The van der Waals surface area contributed by atoms with Crippen LogP contribution >= 0.6 is 0 Å². The number of piperazine rings is 2. The Balaban J connectivity index is 0.000000187. The summed E-state index contributed by atoms with van der Waals surface area (Å²) < 4.78 is 28.4. The van der Waals surface area contributed by atoms with E-state index in [-0.39, 0.29) is 18.7 Å². The number of anilines is 2. The first kappa shape index (κ1) is 36.0. The molecule has 0 bridgehead atoms. The first-order valence-corrected chi connectivity index (χ1v) is 18.2. The number of amides is 1. The standard InChI is InChI=1S/C23H29N3O4.C15H23N3O2/c27-23(30-17-19-6-2-1-3-7-19)26-13-11-25(12-14-26)21-16-20(9-10-24-21)18-29-22-8-4-5-15-28-22;1-2-10-19-15(3-1)20-12-13-4-5-17-14(11-13)18-8-6-16-7-9-18/h1-3,6-7,9-10,16,22H,4-5,8,11-15,17-18H2;4-5,11,15-16H,1-3,6-10,12H2. The van der Waals surface area contributed by atoms with E-state index in [0.29, 0.717) is 32.9 Å². The van der Waals surface area contributed by atoms with Crippen molar-refractivity contribution in [1.82, 2.24) is 20.2 Å². The molecule has 6 heterocycles. The molecule has 0 radical (unpaired) electrons. The van der Waals surface area contributed by atoms with Crippen LogP contribution in [0.5, 0.6) is 0 Å². The lowest BCUT2D eigenvalue weighted by Gasteiger charge is -2.35. The summed E-state index contributed by atoms with van der Waals surface area (Å²) in [5, 5.41) is 3.36. The fourth-order valence-electron chi connectivity index (χ4n) is 6.33. The largest absolute Gasteiger partial charge is 0.445 e. The number of aromatic nitrogens is 2. The van der Waals surface area contributed by atoms with Crippen molar-refractivity contribution in [2.24, 2.45) is 0 Å². The van der Waals surface area contributed by atoms with E-state index >= 15 is 0 Å². The van der Waals surface area contributed by atoms with Crippen LogP contribution in [0, 0.1) is 0 Å². The maximum absolute atomic E-state index is 12.3. The smallest absolute Gasteiger partial charge is 0.410 e. The van der Waals surface area contributed by atoms with Crippen LogP contribution in [0.15, 0.2) is 67.0 Å². The Hall–Kier alpha value is -3.81. The Labute approximate surface area is 296 Å². The normalized spacial score (nSPS) is 21.2. The molecule has 4 aliphatic heterocycles. The summed E-state index contributed by atoms with van der Waals surface area (Å²) in [4.78, 5) is 27.6. The van der Waals surface area contributed by atoms with E-state index in [2.05, 4.69) is 37.2 Å². The monoisotopic (exact) mass is 688 g/mol. The van der Waals surface area contributed by atoms with Gasteiger partial charge in [0.2, 0.25) is 0 Å². The van der Waals surface area contributed by atoms with Crippen molar-refractivity contribution in [3.63, 3.8) is 0 Å². The van der Waals surface area contributed by atoms with E-state index in [0.717, 1.165) is 107 Å². The summed E-state index contributed by atoms with van der Waals surface area (Å²) in [5.41, 5.74) is 3.24. The molecule has 1 amide bonds. The molecule has 0 spiro atoms. The quantitative estimate of drug-likeness (QED) is 0.307. The Bertz CT molecular complexity index is 1420. The van der Waals surface area contributed by atoms with Crippen molar-refractivity contribution < 1.29 is 28.5 Å². The van der Waals surface area contributed by atoms with Crippen molar-refractivity contribution in [1.29, 1.82) is 0 Å². The number of hydrogen-bond donors (Lipinski definition) is 1. The highest BCUT2D eigenvalue weighted by Gasteiger charge is 2.23. The molecule has 0 saturated carbocycles. The minimum absolute atomic E-state index is 0.0282. The number of carbonyl (C=O) groups excluding carboxylic acids is 1. The second kappa shape index (κ2) is 19.5. The van der Waals surface area contributed by atoms with Crippen LogP contribution in [0.3, 0.4) is 0 Å². The number of pyridine rings is 2. The molecule has 7 rings (SSSR count). The topological polar surface area (TPSA) is 111 Å². The zero-order valence-corrected chi connectivity index (χ0v) is 29.1. The Morgan fingerprint density at radius 2 is 1.24 bits per heavy atom. The van der Waals surface area contributed by atoms with Gasteiger partial charge in [-0.15, -0.1) is 0 Å². The molecule has 50 heavy (non-hydrogen) atoms. The average molecular weight is 689 g/mol. The van der Waals surface area contributed by atoms with Gasteiger partial charge in [-0.25, -0.2) is 14.8 Å². The fraction of sp³-hybridized carbons (Fsp3) is 0.553. The van der Waals surface area contributed by atoms with Crippen LogP contribution in [0.1, 0.15) is 55.2 Å². The second-order valence-electron chi connectivity index (χ2n) is 13.0. The van der Waals surface area contributed by atoms with Crippen molar-refractivity contribution >= 4 is 17.7 Å². The third kappa shape index (κ3) is 11.4. The molecule has 2 atom stereocenters. The Morgan fingerprint density at radius 1 is 0.680 bits per heavy atom. The number of hydrogen-bond acceptors (Lipinski definition) is 11. The van der Waals surface area contributed by atoms with Crippen LogP contribution in [0.4, 0.5) is 16.4 Å². The molecule has 270 valence electrons. The van der Waals surface area contributed by atoms with E-state index in [9.17, 15) is 4.79 Å². The second-order valence-corrected chi connectivity index (χ2v) is 13.0. The number of nitrogens with zero attached hydrogens (tertiary/aromatic N) is 5. The van der Waals surface area contributed by atoms with E-state index in [1.807, 2.05) is 54.9 Å². The molecule has 2 aromatic heterocycles. The van der Waals surface area contributed by atoms with E-state index in [1.54, 1.807) is 4.90 Å². The molecule has 1 N–H and O–H groups in total. The Kier molecular flexibility index (Phi) is 14.1. The van der Waals surface area contributed by atoms with Crippen molar-refractivity contribution in [3.8, 4) is 0 Å². The minimum Gasteiger partial charge on any atom is -0.445 e. The zero-order valence-electron chi connectivity index (χ0n) is 29.1. The Morgan fingerprint density at radius 3 is 1.78 bits per heavy atom. The maximum atomic E-state index is 12.3. The molecule has 2 unspecified atom stereocenters. The number of carbonyl (C=O) groups is 1. The summed E-state index contributed by atoms with van der Waals surface area (Å²) in [5.74, 6) is 1.97. The summed E-state index contributed by atoms with van der Waals surface area (Å²) in [7, 11) is 0. The van der Waals surface area contributed by atoms with E-state index < -0.39 is 0 Å². The van der Waals surface area contributed by atoms with Gasteiger partial charge in [0.1, 0.15) is 18.2 Å². The van der Waals surface area contributed by atoms with E-state index in [1.165, 1.54) is 12.0 Å². The van der Waals surface area contributed by atoms with Gasteiger partial charge in [0.15, 0.2) is 12.6 Å². The molecule has 4 saturated heterocycles. The first-order valence-electron chi connectivity index (χ1n) is 18.2. The van der Waals surface area contributed by atoms with Gasteiger partial charge in [0.05, 0.1) is 13.2 Å². The molecule has 12 nitrogen and oxygen atoms in total. The lowest BCUT2D eigenvalue weighted by atomic mass is 10.2. The lowest BCUT2D eigenvalue weighted by molar-refractivity contribution is -0.169. The first-order chi connectivity index (χ1) is 24.7. The van der Waals surface area contributed by atoms with Crippen molar-refractivity contribution in [2.45, 2.75) is 70.9 Å². The van der Waals surface area contributed by atoms with E-state index in [4.69, 9.17) is 23.7 Å². The summed E-state index contributed by atoms with van der Waals surface area (Å²) in [6.07, 6.45) is 9.90. The van der Waals surface area contributed by atoms with Gasteiger partial charge in [0.25, 0.3) is 0 Å². The molecule has 12 heteroatoms. The SMILES string of the molecule is O=C(OCc1ccccc1)N1CCN(c2cc(COC3CCCCO3)ccn2)CC1.c1cc(COC2CCCCO2)cc(N2CCNCC2)n1. The number of nitrogens with one attached hydrogen (secondary N) is 1. The fourth-order valence-corrected chi connectivity index (χ4v) is 6.33. The molecule has 4 fully saturated rings. The summed E-state index contributed by atoms with van der Waals surface area (Å²) in [6.45, 7) is 9.80. The third-order valence-electron chi connectivity index (χ3n) is 9.28. The van der Waals surface area contributed by atoms with Gasteiger partial charge < -0.3 is 43.7 Å². The molecular formula is C38H52N6O6. The molecule has 4 aliphatic rings. The van der Waals surface area contributed by atoms with Crippen LogP contribution < -0.4 is 15.1 Å². The van der Waals surface area contributed by atoms with Gasteiger partial charge in [0, 0.05) is 78.0 Å². The van der Waals surface area contributed by atoms with Gasteiger partial charge in [-0.3, -0.25) is 0 Å². The van der Waals surface area contributed by atoms with Crippen LogP contribution in [0.2, 0.25) is 0 Å². The van der Waals surface area contributed by atoms with Crippen LogP contribution in [0.25, 0.3) is 0 Å². The average Bonchev–Trinajstić information content (AvgIpc) is 3.20. The minimum atomic E-state index is -0.263. The maximum Gasteiger partial charge on any atom is 0.410 e. The molecule has 3 aromatic rings. The van der Waals surface area contributed by atoms with Crippen LogP contribution in [-0.2, 0) is 43.5 Å². The number of benzene rings is 1. The predicted molar refractivity (Wildman–Crippen MR) is 191 cm³/mol.